The van der Waals surface area contributed by atoms with E-state index in [0.717, 1.165) is 43.3 Å². The third kappa shape index (κ3) is 4.77. The molecule has 4 rings (SSSR count). The van der Waals surface area contributed by atoms with E-state index in [-0.39, 0.29) is 11.8 Å². The SMILES string of the molecule is CCC(=O)N1CCN(C(=NC2(C(=O)NCCC3CC3)CC2)c2ccccn2)CC1. The van der Waals surface area contributed by atoms with Crippen molar-refractivity contribution >= 4 is 17.6 Å². The number of piperazine rings is 1. The minimum absolute atomic E-state index is 0.0476. The second-order valence-electron chi connectivity index (χ2n) is 8.39. The molecule has 1 aromatic rings. The topological polar surface area (TPSA) is 77.9 Å². The van der Waals surface area contributed by atoms with E-state index < -0.39 is 5.54 Å². The number of hydrogen-bond donors (Lipinski definition) is 1. The zero-order chi connectivity index (χ0) is 20.3. The molecular formula is C22H31N5O2. The largest absolute Gasteiger partial charge is 0.354 e. The summed E-state index contributed by atoms with van der Waals surface area (Å²) in [7, 11) is 0. The molecule has 0 spiro atoms. The smallest absolute Gasteiger partial charge is 0.248 e. The molecule has 7 heteroatoms. The van der Waals surface area contributed by atoms with Crippen molar-refractivity contribution in [1.82, 2.24) is 20.1 Å². The van der Waals surface area contributed by atoms with E-state index in [1.165, 1.54) is 12.8 Å². The predicted molar refractivity (Wildman–Crippen MR) is 112 cm³/mol. The molecule has 156 valence electrons. The Bertz CT molecular complexity index is 763. The minimum Gasteiger partial charge on any atom is -0.354 e. The lowest BCUT2D eigenvalue weighted by atomic mass is 10.2. The molecule has 0 radical (unpaired) electrons. The fourth-order valence-corrected chi connectivity index (χ4v) is 3.85. The van der Waals surface area contributed by atoms with Gasteiger partial charge in [0.05, 0.1) is 0 Å². The Morgan fingerprint density at radius 3 is 2.48 bits per heavy atom. The first-order valence-electron chi connectivity index (χ1n) is 10.9. The molecule has 3 aliphatic rings. The Hall–Kier alpha value is -2.44. The van der Waals surface area contributed by atoms with Gasteiger partial charge in [0.15, 0.2) is 5.84 Å². The summed E-state index contributed by atoms with van der Waals surface area (Å²) in [5, 5.41) is 3.11. The maximum absolute atomic E-state index is 12.8. The molecule has 1 aliphatic heterocycles. The second kappa shape index (κ2) is 8.51. The fourth-order valence-electron chi connectivity index (χ4n) is 3.85. The first kappa shape index (κ1) is 19.9. The molecule has 1 saturated heterocycles. The summed E-state index contributed by atoms with van der Waals surface area (Å²) in [6, 6.07) is 5.78. The highest BCUT2D eigenvalue weighted by Gasteiger charge is 2.51. The van der Waals surface area contributed by atoms with Gasteiger partial charge in [-0.05, 0) is 37.3 Å². The number of carbonyl (C=O) groups is 2. The summed E-state index contributed by atoms with van der Waals surface area (Å²) in [5.74, 6) is 1.82. The van der Waals surface area contributed by atoms with Crippen molar-refractivity contribution < 1.29 is 9.59 Å². The van der Waals surface area contributed by atoms with Crippen LogP contribution < -0.4 is 5.32 Å². The van der Waals surface area contributed by atoms with Crippen LogP contribution in [0.5, 0.6) is 0 Å². The Balaban J connectivity index is 1.48. The number of pyridine rings is 1. The molecule has 1 N–H and O–H groups in total. The van der Waals surface area contributed by atoms with Crippen molar-refractivity contribution in [1.29, 1.82) is 0 Å². The normalized spacial score (nSPS) is 21.1. The number of nitrogens with one attached hydrogen (secondary N) is 1. The average molecular weight is 398 g/mol. The quantitative estimate of drug-likeness (QED) is 0.562. The van der Waals surface area contributed by atoms with Crippen molar-refractivity contribution in [2.75, 3.05) is 32.7 Å². The lowest BCUT2D eigenvalue weighted by Crippen LogP contribution is -2.51. The number of nitrogens with zero attached hydrogens (tertiary/aromatic N) is 4. The number of amides is 2. The maximum Gasteiger partial charge on any atom is 0.248 e. The number of hydrogen-bond acceptors (Lipinski definition) is 4. The van der Waals surface area contributed by atoms with Crippen LogP contribution in [0.4, 0.5) is 0 Å². The maximum atomic E-state index is 12.8. The molecule has 0 bridgehead atoms. The predicted octanol–water partition coefficient (Wildman–Crippen LogP) is 1.83. The van der Waals surface area contributed by atoms with Crippen LogP contribution in [0.1, 0.15) is 51.1 Å². The van der Waals surface area contributed by atoms with Crippen LogP contribution in [0.2, 0.25) is 0 Å². The molecule has 0 unspecified atom stereocenters. The zero-order valence-electron chi connectivity index (χ0n) is 17.3. The summed E-state index contributed by atoms with van der Waals surface area (Å²) < 4.78 is 0. The van der Waals surface area contributed by atoms with E-state index in [1.807, 2.05) is 30.0 Å². The van der Waals surface area contributed by atoms with Crippen LogP contribution in [0.25, 0.3) is 0 Å². The number of aliphatic imine (C=N–C) groups is 1. The fraction of sp³-hybridized carbons (Fsp3) is 0.636. The van der Waals surface area contributed by atoms with Gasteiger partial charge in [-0.3, -0.25) is 14.6 Å². The van der Waals surface area contributed by atoms with E-state index >= 15 is 0 Å². The Morgan fingerprint density at radius 2 is 1.90 bits per heavy atom. The molecule has 2 saturated carbocycles. The number of rotatable bonds is 7. The molecule has 0 atom stereocenters. The van der Waals surface area contributed by atoms with Crippen LogP contribution in [0.15, 0.2) is 29.4 Å². The van der Waals surface area contributed by atoms with Crippen molar-refractivity contribution in [2.45, 2.75) is 51.0 Å². The first-order valence-corrected chi connectivity index (χ1v) is 10.9. The summed E-state index contributed by atoms with van der Waals surface area (Å²) in [6.07, 6.45) is 7.54. The number of aromatic nitrogens is 1. The first-order chi connectivity index (χ1) is 14.1. The third-order valence-corrected chi connectivity index (χ3v) is 6.13. The summed E-state index contributed by atoms with van der Waals surface area (Å²) in [5.41, 5.74) is 0.145. The lowest BCUT2D eigenvalue weighted by molar-refractivity contribution is -0.132. The molecule has 1 aromatic heterocycles. The third-order valence-electron chi connectivity index (χ3n) is 6.13. The van der Waals surface area contributed by atoms with Crippen molar-refractivity contribution in [3.8, 4) is 0 Å². The molecule has 3 fully saturated rings. The van der Waals surface area contributed by atoms with Crippen LogP contribution in [0, 0.1) is 5.92 Å². The number of carbonyl (C=O) groups excluding carboxylic acids is 2. The van der Waals surface area contributed by atoms with Crippen LogP contribution in [0.3, 0.4) is 0 Å². The molecule has 7 nitrogen and oxygen atoms in total. The van der Waals surface area contributed by atoms with Gasteiger partial charge in [0.25, 0.3) is 0 Å². The van der Waals surface area contributed by atoms with Crippen LogP contribution >= 0.6 is 0 Å². The van der Waals surface area contributed by atoms with E-state index in [4.69, 9.17) is 4.99 Å². The van der Waals surface area contributed by atoms with Gasteiger partial charge in [0, 0.05) is 45.3 Å². The number of amidine groups is 1. The van der Waals surface area contributed by atoms with Gasteiger partial charge < -0.3 is 15.1 Å². The average Bonchev–Trinajstić information content (AvgIpc) is 3.68. The molecule has 2 aliphatic carbocycles. The van der Waals surface area contributed by atoms with Crippen molar-refractivity contribution in [2.24, 2.45) is 10.9 Å². The Morgan fingerprint density at radius 1 is 1.17 bits per heavy atom. The van der Waals surface area contributed by atoms with Gasteiger partial charge >= 0.3 is 0 Å². The lowest BCUT2D eigenvalue weighted by Gasteiger charge is -2.36. The van der Waals surface area contributed by atoms with E-state index in [2.05, 4.69) is 15.2 Å². The monoisotopic (exact) mass is 397 g/mol. The molecule has 2 heterocycles. The summed E-state index contributed by atoms with van der Waals surface area (Å²) in [6.45, 7) is 5.42. The Labute approximate surface area is 172 Å². The standard InChI is InChI=1S/C22H31N5O2/c1-2-19(28)26-13-15-27(16-14-26)20(18-5-3-4-11-23-18)25-22(9-10-22)21(29)24-12-8-17-6-7-17/h3-5,11,17H,2,6-10,12-16H2,1H3,(H,24,29). The Kier molecular flexibility index (Phi) is 5.83. The minimum atomic E-state index is -0.646. The van der Waals surface area contributed by atoms with Gasteiger partial charge in [0.1, 0.15) is 11.2 Å². The summed E-state index contributed by atoms with van der Waals surface area (Å²) in [4.78, 5) is 38.4. The highest BCUT2D eigenvalue weighted by Crippen LogP contribution is 2.41. The molecule has 29 heavy (non-hydrogen) atoms. The second-order valence-corrected chi connectivity index (χ2v) is 8.39. The van der Waals surface area contributed by atoms with Crippen LogP contribution in [-0.2, 0) is 9.59 Å². The van der Waals surface area contributed by atoms with Crippen molar-refractivity contribution in [3.05, 3.63) is 30.1 Å². The van der Waals surface area contributed by atoms with Crippen molar-refractivity contribution in [3.63, 3.8) is 0 Å². The van der Waals surface area contributed by atoms with E-state index in [1.54, 1.807) is 6.20 Å². The van der Waals surface area contributed by atoms with Gasteiger partial charge in [-0.15, -0.1) is 0 Å². The van der Waals surface area contributed by atoms with E-state index in [0.29, 0.717) is 32.6 Å². The highest BCUT2D eigenvalue weighted by atomic mass is 16.2. The van der Waals surface area contributed by atoms with Gasteiger partial charge in [-0.2, -0.15) is 0 Å². The van der Waals surface area contributed by atoms with Gasteiger partial charge in [-0.25, -0.2) is 4.99 Å². The highest BCUT2D eigenvalue weighted by molar-refractivity contribution is 6.01. The van der Waals surface area contributed by atoms with E-state index in [9.17, 15) is 9.59 Å². The van der Waals surface area contributed by atoms with Gasteiger partial charge in [-0.1, -0.05) is 25.8 Å². The van der Waals surface area contributed by atoms with Gasteiger partial charge in [0.2, 0.25) is 11.8 Å². The summed E-state index contributed by atoms with van der Waals surface area (Å²) >= 11 is 0. The van der Waals surface area contributed by atoms with Crippen LogP contribution in [-0.4, -0.2) is 70.7 Å². The molecular weight excluding hydrogens is 366 g/mol. The molecule has 0 aromatic carbocycles. The molecule has 2 amide bonds. The zero-order valence-corrected chi connectivity index (χ0v) is 17.3.